The van der Waals surface area contributed by atoms with Gasteiger partial charge in [0.2, 0.25) is 0 Å². The number of aromatic nitrogens is 3. The summed E-state index contributed by atoms with van der Waals surface area (Å²) < 4.78 is 5.99. The molecule has 4 rings (SSSR count). The molecule has 5 heteroatoms. The van der Waals surface area contributed by atoms with Crippen LogP contribution in [0.2, 0.25) is 0 Å². The molecule has 0 saturated carbocycles. The number of H-pyrrole nitrogens is 2. The van der Waals surface area contributed by atoms with Gasteiger partial charge in [-0.25, -0.2) is 9.78 Å². The number of fused-ring (bicyclic) bond motifs is 1. The predicted molar refractivity (Wildman–Crippen MR) is 92.9 cm³/mol. The molecule has 0 atom stereocenters. The van der Waals surface area contributed by atoms with E-state index in [0.29, 0.717) is 17.8 Å². The molecule has 24 heavy (non-hydrogen) atoms. The smallest absolute Gasteiger partial charge is 0.325 e. The second kappa shape index (κ2) is 6.04. The molecule has 0 amide bonds. The number of hydrogen-bond acceptors (Lipinski definition) is 3. The first kappa shape index (κ1) is 14.3. The van der Waals surface area contributed by atoms with E-state index in [1.54, 1.807) is 6.20 Å². The maximum Gasteiger partial charge on any atom is 0.325 e. The fraction of sp³-hybridized carbons (Fsp3) is 0.0526. The molecular formula is C19H15N3O2. The van der Waals surface area contributed by atoms with Crippen molar-refractivity contribution in [2.45, 2.75) is 6.61 Å². The Morgan fingerprint density at radius 1 is 0.958 bits per heavy atom. The summed E-state index contributed by atoms with van der Waals surface area (Å²) in [6.45, 7) is 0.495. The van der Waals surface area contributed by atoms with Crippen molar-refractivity contribution in [2.75, 3.05) is 0 Å². The van der Waals surface area contributed by atoms with Gasteiger partial charge < -0.3 is 9.72 Å². The van der Waals surface area contributed by atoms with E-state index in [0.717, 1.165) is 22.4 Å². The van der Waals surface area contributed by atoms with E-state index in [1.807, 2.05) is 60.7 Å². The quantitative estimate of drug-likeness (QED) is 0.605. The lowest BCUT2D eigenvalue weighted by Crippen LogP contribution is -1.99. The average molecular weight is 317 g/mol. The molecule has 2 N–H and O–H groups in total. The number of para-hydroxylation sites is 1. The summed E-state index contributed by atoms with van der Waals surface area (Å²) in [4.78, 5) is 21.1. The molecule has 0 radical (unpaired) electrons. The van der Waals surface area contributed by atoms with Gasteiger partial charge >= 0.3 is 5.69 Å². The Labute approximate surface area is 138 Å². The van der Waals surface area contributed by atoms with Crippen LogP contribution < -0.4 is 10.4 Å². The molecule has 0 unspecified atom stereocenters. The monoisotopic (exact) mass is 317 g/mol. The van der Waals surface area contributed by atoms with Gasteiger partial charge in [0.25, 0.3) is 0 Å². The van der Waals surface area contributed by atoms with E-state index in [1.165, 1.54) is 0 Å². The van der Waals surface area contributed by atoms with Gasteiger partial charge in [-0.05, 0) is 17.7 Å². The zero-order valence-corrected chi connectivity index (χ0v) is 12.8. The SMILES string of the molecule is O=c1[nH]c2cc(-c3ccccc3OCc3ccccc3)cnc2[nH]1. The minimum absolute atomic E-state index is 0.261. The van der Waals surface area contributed by atoms with Crippen molar-refractivity contribution in [3.63, 3.8) is 0 Å². The van der Waals surface area contributed by atoms with Gasteiger partial charge in [-0.3, -0.25) is 4.98 Å². The molecule has 0 aliphatic rings. The zero-order valence-electron chi connectivity index (χ0n) is 12.8. The molecule has 4 aromatic rings. The second-order valence-electron chi connectivity index (χ2n) is 5.47. The Hall–Kier alpha value is -3.34. The molecule has 118 valence electrons. The fourth-order valence-electron chi connectivity index (χ4n) is 2.63. The van der Waals surface area contributed by atoms with Crippen LogP contribution in [0.25, 0.3) is 22.3 Å². The van der Waals surface area contributed by atoms with Crippen LogP contribution in [0.4, 0.5) is 0 Å². The van der Waals surface area contributed by atoms with Crippen LogP contribution in [-0.2, 0) is 6.61 Å². The Bertz CT molecular complexity index is 1040. The molecule has 0 spiro atoms. The number of benzene rings is 2. The van der Waals surface area contributed by atoms with Gasteiger partial charge in [0, 0.05) is 17.3 Å². The number of nitrogens with one attached hydrogen (secondary N) is 2. The van der Waals surface area contributed by atoms with Gasteiger partial charge in [-0.15, -0.1) is 0 Å². The number of pyridine rings is 1. The van der Waals surface area contributed by atoms with Crippen LogP contribution in [0.3, 0.4) is 0 Å². The maximum atomic E-state index is 11.4. The number of aromatic amines is 2. The van der Waals surface area contributed by atoms with Crippen molar-refractivity contribution in [2.24, 2.45) is 0 Å². The lowest BCUT2D eigenvalue weighted by Gasteiger charge is -2.11. The average Bonchev–Trinajstić information content (AvgIpc) is 3.00. The molecule has 0 saturated heterocycles. The third-order valence-electron chi connectivity index (χ3n) is 3.80. The first-order chi connectivity index (χ1) is 11.8. The van der Waals surface area contributed by atoms with E-state index in [2.05, 4.69) is 15.0 Å². The fourth-order valence-corrected chi connectivity index (χ4v) is 2.63. The first-order valence-electron chi connectivity index (χ1n) is 7.64. The number of rotatable bonds is 4. The van der Waals surface area contributed by atoms with E-state index >= 15 is 0 Å². The lowest BCUT2D eigenvalue weighted by atomic mass is 10.1. The van der Waals surface area contributed by atoms with Crippen LogP contribution in [0.15, 0.2) is 71.7 Å². The summed E-state index contributed by atoms with van der Waals surface area (Å²) in [5.74, 6) is 0.778. The van der Waals surface area contributed by atoms with Gasteiger partial charge in [-0.2, -0.15) is 0 Å². The second-order valence-corrected chi connectivity index (χ2v) is 5.47. The number of ether oxygens (including phenoxy) is 1. The Morgan fingerprint density at radius 3 is 2.62 bits per heavy atom. The minimum atomic E-state index is -0.261. The zero-order chi connectivity index (χ0) is 16.4. The lowest BCUT2D eigenvalue weighted by molar-refractivity contribution is 0.307. The Balaban J connectivity index is 1.68. The number of imidazole rings is 1. The molecule has 2 aromatic heterocycles. The highest BCUT2D eigenvalue weighted by Gasteiger charge is 2.09. The summed E-state index contributed by atoms with van der Waals surface area (Å²) in [6, 6.07) is 19.7. The van der Waals surface area contributed by atoms with Crippen LogP contribution in [0.1, 0.15) is 5.56 Å². The third kappa shape index (κ3) is 2.79. The summed E-state index contributed by atoms with van der Waals surface area (Å²) in [6.07, 6.45) is 1.73. The highest BCUT2D eigenvalue weighted by molar-refractivity contribution is 5.79. The topological polar surface area (TPSA) is 70.8 Å². The molecule has 0 bridgehead atoms. The normalized spacial score (nSPS) is 10.8. The van der Waals surface area contributed by atoms with Crippen molar-refractivity contribution in [1.29, 1.82) is 0 Å². The van der Waals surface area contributed by atoms with Crippen LogP contribution in [0.5, 0.6) is 5.75 Å². The summed E-state index contributed by atoms with van der Waals surface area (Å²) in [7, 11) is 0. The van der Waals surface area contributed by atoms with Crippen molar-refractivity contribution in [3.8, 4) is 16.9 Å². The van der Waals surface area contributed by atoms with Crippen molar-refractivity contribution >= 4 is 11.2 Å². The molecule has 2 heterocycles. The van der Waals surface area contributed by atoms with E-state index in [4.69, 9.17) is 4.74 Å². The first-order valence-corrected chi connectivity index (χ1v) is 7.64. The van der Waals surface area contributed by atoms with Crippen LogP contribution in [0, 0.1) is 0 Å². The maximum absolute atomic E-state index is 11.4. The molecule has 0 fully saturated rings. The van der Waals surface area contributed by atoms with Crippen molar-refractivity contribution in [1.82, 2.24) is 15.0 Å². The van der Waals surface area contributed by atoms with Gasteiger partial charge in [0.15, 0.2) is 5.65 Å². The van der Waals surface area contributed by atoms with Gasteiger partial charge in [0.1, 0.15) is 12.4 Å². The van der Waals surface area contributed by atoms with Gasteiger partial charge in [0.05, 0.1) is 5.52 Å². The summed E-state index contributed by atoms with van der Waals surface area (Å²) in [5.41, 5.74) is 3.90. The van der Waals surface area contributed by atoms with E-state index in [-0.39, 0.29) is 5.69 Å². The highest BCUT2D eigenvalue weighted by Crippen LogP contribution is 2.30. The van der Waals surface area contributed by atoms with E-state index < -0.39 is 0 Å². The largest absolute Gasteiger partial charge is 0.488 e. The number of hydrogen-bond donors (Lipinski definition) is 2. The van der Waals surface area contributed by atoms with Crippen LogP contribution >= 0.6 is 0 Å². The predicted octanol–water partition coefficient (Wildman–Crippen LogP) is 3.50. The van der Waals surface area contributed by atoms with Crippen molar-refractivity contribution in [3.05, 3.63) is 82.9 Å². The van der Waals surface area contributed by atoms with Crippen LogP contribution in [-0.4, -0.2) is 15.0 Å². The minimum Gasteiger partial charge on any atom is -0.488 e. The Morgan fingerprint density at radius 2 is 1.75 bits per heavy atom. The molecule has 2 aromatic carbocycles. The summed E-state index contributed by atoms with van der Waals surface area (Å²) >= 11 is 0. The van der Waals surface area contributed by atoms with E-state index in [9.17, 15) is 4.79 Å². The third-order valence-corrected chi connectivity index (χ3v) is 3.80. The highest BCUT2D eigenvalue weighted by atomic mass is 16.5. The molecular weight excluding hydrogens is 302 g/mol. The standard InChI is InChI=1S/C19H15N3O2/c23-19-21-16-10-14(11-20-18(16)22-19)15-8-4-5-9-17(15)24-12-13-6-2-1-3-7-13/h1-11H,12H2,(H2,20,21,22,23). The molecule has 5 nitrogen and oxygen atoms in total. The number of nitrogens with zero attached hydrogens (tertiary/aromatic N) is 1. The summed E-state index contributed by atoms with van der Waals surface area (Å²) in [5, 5.41) is 0. The molecule has 0 aliphatic heterocycles. The van der Waals surface area contributed by atoms with Gasteiger partial charge in [-0.1, -0.05) is 48.5 Å². The Kier molecular flexibility index (Phi) is 3.59. The van der Waals surface area contributed by atoms with Crippen molar-refractivity contribution < 1.29 is 4.74 Å². The molecule has 0 aliphatic carbocycles.